The molecule has 0 heterocycles. The summed E-state index contributed by atoms with van der Waals surface area (Å²) in [6, 6.07) is 8.95. The van der Waals surface area contributed by atoms with E-state index in [4.69, 9.17) is 9.90 Å². The number of nitrogens with zero attached hydrogens (tertiary/aromatic N) is 1. The van der Waals surface area contributed by atoms with E-state index in [9.17, 15) is 0 Å². The van der Waals surface area contributed by atoms with E-state index >= 15 is 0 Å². The Morgan fingerprint density at radius 1 is 1.19 bits per heavy atom. The lowest BCUT2D eigenvalue weighted by Crippen LogP contribution is -2.39. The average molecular weight is 330 g/mol. The molecule has 3 nitrogen and oxygen atoms in total. The van der Waals surface area contributed by atoms with Crippen LogP contribution in [0, 0.1) is 0 Å². The molecule has 0 radical (unpaired) electrons. The second kappa shape index (κ2) is 11.0. The van der Waals surface area contributed by atoms with Crippen LogP contribution in [0.3, 0.4) is 0 Å². The van der Waals surface area contributed by atoms with Crippen molar-refractivity contribution >= 4 is 28.2 Å². The summed E-state index contributed by atoms with van der Waals surface area (Å²) in [6.07, 6.45) is 0. The van der Waals surface area contributed by atoms with Crippen LogP contribution in [0.15, 0.2) is 29.2 Å². The fourth-order valence-corrected chi connectivity index (χ4v) is 4.75. The minimum absolute atomic E-state index is 0.500. The SMILES string of the molecule is CC[N+](CC)(CC)SSc1cccc(C(C)C)c1.O=C[O-]. The molecule has 0 aromatic heterocycles. The first-order valence-corrected chi connectivity index (χ1v) is 9.47. The molecule has 0 atom stereocenters. The number of hydrogen-bond acceptors (Lipinski definition) is 4. The Kier molecular flexibility index (Phi) is 10.6. The highest BCUT2D eigenvalue weighted by Crippen LogP contribution is 2.39. The molecule has 0 fully saturated rings. The second-order valence-electron chi connectivity index (χ2n) is 4.99. The van der Waals surface area contributed by atoms with Crippen LogP contribution in [0.25, 0.3) is 0 Å². The summed E-state index contributed by atoms with van der Waals surface area (Å²) in [5, 5.41) is 8.25. The Bertz CT molecular complexity index is 399. The van der Waals surface area contributed by atoms with Gasteiger partial charge in [0.2, 0.25) is 0 Å². The molecule has 21 heavy (non-hydrogen) atoms. The molecule has 0 spiro atoms. The summed E-state index contributed by atoms with van der Waals surface area (Å²) in [6.45, 7) is 14.4. The molecule has 5 heteroatoms. The maximum atomic E-state index is 8.25. The number of carbonyl (C=O) groups excluding carboxylic acids is 1. The average Bonchev–Trinajstić information content (AvgIpc) is 2.50. The van der Waals surface area contributed by atoms with Crippen LogP contribution in [0.5, 0.6) is 0 Å². The van der Waals surface area contributed by atoms with Crippen LogP contribution < -0.4 is 5.11 Å². The van der Waals surface area contributed by atoms with Gasteiger partial charge in [0.15, 0.2) is 11.0 Å². The van der Waals surface area contributed by atoms with E-state index in [1.165, 1.54) is 30.1 Å². The minimum Gasteiger partial charge on any atom is -0.554 e. The zero-order valence-corrected chi connectivity index (χ0v) is 15.3. The van der Waals surface area contributed by atoms with Crippen molar-refractivity contribution in [3.63, 3.8) is 0 Å². The van der Waals surface area contributed by atoms with Crippen molar-refractivity contribution < 1.29 is 13.8 Å². The summed E-state index contributed by atoms with van der Waals surface area (Å²) < 4.78 is 1.12. The molecule has 0 amide bonds. The largest absolute Gasteiger partial charge is 0.554 e. The first kappa shape index (κ1) is 20.3. The lowest BCUT2D eigenvalue weighted by molar-refractivity contribution is -0.787. The Morgan fingerprint density at radius 2 is 1.71 bits per heavy atom. The summed E-state index contributed by atoms with van der Waals surface area (Å²) in [5.41, 5.74) is 1.43. The molecule has 1 aromatic rings. The topological polar surface area (TPSA) is 40.1 Å². The van der Waals surface area contributed by atoms with Crippen molar-refractivity contribution in [2.24, 2.45) is 0 Å². The van der Waals surface area contributed by atoms with Gasteiger partial charge in [-0.2, -0.15) is 0 Å². The Morgan fingerprint density at radius 3 is 2.14 bits per heavy atom. The zero-order chi connectivity index (χ0) is 16.3. The van der Waals surface area contributed by atoms with Crippen LogP contribution in [-0.2, 0) is 4.79 Å². The normalized spacial score (nSPS) is 11.0. The van der Waals surface area contributed by atoms with Gasteiger partial charge in [0.05, 0.1) is 19.6 Å². The third-order valence-corrected chi connectivity index (χ3v) is 6.91. The van der Waals surface area contributed by atoms with Crippen molar-refractivity contribution in [3.05, 3.63) is 29.8 Å². The predicted molar refractivity (Wildman–Crippen MR) is 91.9 cm³/mol. The van der Waals surface area contributed by atoms with Crippen LogP contribution in [-0.4, -0.2) is 30.0 Å². The highest BCUT2D eigenvalue weighted by molar-refractivity contribution is 8.74. The molecular formula is C16H27NO2S2. The quantitative estimate of drug-likeness (QED) is 0.331. The zero-order valence-electron chi connectivity index (χ0n) is 13.7. The van der Waals surface area contributed by atoms with Gasteiger partial charge in [-0.1, -0.05) is 26.0 Å². The lowest BCUT2D eigenvalue weighted by Gasteiger charge is -2.31. The van der Waals surface area contributed by atoms with Crippen molar-refractivity contribution in [3.8, 4) is 0 Å². The molecule has 0 bridgehead atoms. The smallest absolute Gasteiger partial charge is 0.152 e. The molecule has 0 unspecified atom stereocenters. The summed E-state index contributed by atoms with van der Waals surface area (Å²) in [4.78, 5) is 9.63. The third kappa shape index (κ3) is 7.25. The Balaban J connectivity index is 0.00000122. The number of hydrogen-bond donors (Lipinski definition) is 0. The predicted octanol–water partition coefficient (Wildman–Crippen LogP) is 3.71. The van der Waals surface area contributed by atoms with Gasteiger partial charge in [-0.25, -0.2) is 0 Å². The molecule has 120 valence electrons. The number of quaternary nitrogens is 1. The van der Waals surface area contributed by atoms with Crippen molar-refractivity contribution in [1.82, 2.24) is 0 Å². The fraction of sp³-hybridized carbons (Fsp3) is 0.562. The van der Waals surface area contributed by atoms with E-state index in [0.717, 1.165) is 3.89 Å². The van der Waals surface area contributed by atoms with Crippen molar-refractivity contribution in [1.29, 1.82) is 0 Å². The van der Waals surface area contributed by atoms with Gasteiger partial charge >= 0.3 is 0 Å². The number of carbonyl (C=O) groups is 1. The van der Waals surface area contributed by atoms with Crippen LogP contribution >= 0.6 is 21.8 Å². The highest BCUT2D eigenvalue weighted by Gasteiger charge is 2.23. The van der Waals surface area contributed by atoms with E-state index in [-0.39, 0.29) is 0 Å². The molecule has 1 rings (SSSR count). The molecule has 1 aromatic carbocycles. The standard InChI is InChI=1S/C15H26NS2.CH2O2/c1-6-16(7-2,8-3)18-17-15-11-9-10-14(12-15)13(4)5;2-1-3/h9-13H,6-8H2,1-5H3;1H,(H,2,3)/q+1;/p-1. The first-order valence-electron chi connectivity index (χ1n) is 7.36. The Hall–Kier alpha value is -0.650. The van der Waals surface area contributed by atoms with Gasteiger partial charge in [-0.15, -0.1) is 0 Å². The van der Waals surface area contributed by atoms with Crippen molar-refractivity contribution in [2.75, 3.05) is 19.6 Å². The Labute approximate surface area is 137 Å². The third-order valence-electron chi connectivity index (χ3n) is 3.55. The maximum absolute atomic E-state index is 8.25. The van der Waals surface area contributed by atoms with Crippen LogP contribution in [0.2, 0.25) is 0 Å². The first-order chi connectivity index (χ1) is 9.98. The monoisotopic (exact) mass is 329 g/mol. The van der Waals surface area contributed by atoms with Gasteiger partial charge in [-0.3, -0.25) is 3.89 Å². The van der Waals surface area contributed by atoms with Crippen LogP contribution in [0.1, 0.15) is 46.1 Å². The molecule has 0 saturated carbocycles. The number of benzene rings is 1. The lowest BCUT2D eigenvalue weighted by atomic mass is 10.0. The van der Waals surface area contributed by atoms with E-state index in [2.05, 4.69) is 58.9 Å². The minimum atomic E-state index is -0.500. The van der Waals surface area contributed by atoms with Gasteiger partial charge in [-0.05, 0) is 44.4 Å². The van der Waals surface area contributed by atoms with Gasteiger partial charge in [0.25, 0.3) is 0 Å². The molecule has 0 saturated heterocycles. The number of rotatable bonds is 7. The van der Waals surface area contributed by atoms with E-state index in [1.807, 2.05) is 21.8 Å². The van der Waals surface area contributed by atoms with E-state index in [0.29, 0.717) is 5.92 Å². The van der Waals surface area contributed by atoms with E-state index < -0.39 is 6.47 Å². The summed E-state index contributed by atoms with van der Waals surface area (Å²) >= 11 is 0. The molecule has 0 aliphatic rings. The second-order valence-corrected chi connectivity index (χ2v) is 7.50. The van der Waals surface area contributed by atoms with Crippen molar-refractivity contribution in [2.45, 2.75) is 45.4 Å². The molecule has 0 aliphatic carbocycles. The van der Waals surface area contributed by atoms with Gasteiger partial charge < -0.3 is 9.90 Å². The maximum Gasteiger partial charge on any atom is 0.152 e. The molecule has 0 N–H and O–H groups in total. The summed E-state index contributed by atoms with van der Waals surface area (Å²) in [5.74, 6) is 0.610. The molecule has 0 aliphatic heterocycles. The van der Waals surface area contributed by atoms with Gasteiger partial charge in [0.1, 0.15) is 0 Å². The van der Waals surface area contributed by atoms with Gasteiger partial charge in [0, 0.05) is 22.2 Å². The molecular weight excluding hydrogens is 302 g/mol. The highest BCUT2D eigenvalue weighted by atomic mass is 33.1. The summed E-state index contributed by atoms with van der Waals surface area (Å²) in [7, 11) is 3.92. The fourth-order valence-electron chi connectivity index (χ4n) is 1.88. The number of carboxylic acid groups (broad SMARTS) is 1. The van der Waals surface area contributed by atoms with Crippen LogP contribution in [0.4, 0.5) is 0 Å². The van der Waals surface area contributed by atoms with E-state index in [1.54, 1.807) is 0 Å².